The van der Waals surface area contributed by atoms with E-state index in [0.717, 1.165) is 0 Å². The zero-order chi connectivity index (χ0) is 40.3. The van der Waals surface area contributed by atoms with Crippen LogP contribution in [-0.4, -0.2) is 0 Å². The highest BCUT2D eigenvalue weighted by Gasteiger charge is 2.39. The van der Waals surface area contributed by atoms with Gasteiger partial charge in [0, 0.05) is 27.6 Å². The van der Waals surface area contributed by atoms with E-state index in [1.165, 1.54) is 101 Å². The minimum Gasteiger partial charge on any atom is -0.310 e. The fraction of sp³-hybridized carbons (Fsp3) is 0.158. The lowest BCUT2D eigenvalue weighted by Gasteiger charge is -2.42. The Morgan fingerprint density at radius 3 is 0.864 bits per heavy atom. The normalized spacial score (nSPS) is 16.0. The van der Waals surface area contributed by atoms with Crippen LogP contribution in [-0.2, 0) is 16.2 Å². The van der Waals surface area contributed by atoms with Gasteiger partial charge in [0.05, 0.1) is 22.7 Å². The maximum atomic E-state index is 2.43. The molecule has 0 spiro atoms. The average Bonchev–Trinajstić information content (AvgIpc) is 3.49. The summed E-state index contributed by atoms with van der Waals surface area (Å²) in [7, 11) is 0. The highest BCUT2D eigenvalue weighted by atomic mass is 15.2. The van der Waals surface area contributed by atoms with Gasteiger partial charge in [0.1, 0.15) is 0 Å². The van der Waals surface area contributed by atoms with Crippen LogP contribution in [0.2, 0.25) is 0 Å². The molecule has 1 aliphatic carbocycles. The van der Waals surface area contributed by atoms with Gasteiger partial charge < -0.3 is 9.80 Å². The molecule has 59 heavy (non-hydrogen) atoms. The molecular weight excluding hydrogens is 713 g/mol. The van der Waals surface area contributed by atoms with Gasteiger partial charge in [-0.05, 0) is 127 Å². The zero-order valence-corrected chi connectivity index (χ0v) is 34.7. The summed E-state index contributed by atoms with van der Waals surface area (Å²) in [5.41, 5.74) is 22.8. The maximum Gasteiger partial charge on any atom is 0.0502 e. The van der Waals surface area contributed by atoms with E-state index >= 15 is 0 Å². The van der Waals surface area contributed by atoms with E-state index in [1.807, 2.05) is 0 Å². The van der Waals surface area contributed by atoms with Gasteiger partial charge in [0.25, 0.3) is 0 Å². The van der Waals surface area contributed by atoms with Crippen molar-refractivity contribution in [3.05, 3.63) is 215 Å². The molecule has 2 nitrogen and oxygen atoms in total. The summed E-state index contributed by atoms with van der Waals surface area (Å²) in [6.45, 7) is 14.1. The number of anilines is 6. The lowest BCUT2D eigenvalue weighted by atomic mass is 9.73. The largest absolute Gasteiger partial charge is 0.310 e. The molecule has 3 aliphatic rings. The minimum atomic E-state index is -0.140. The van der Waals surface area contributed by atoms with Gasteiger partial charge in [-0.1, -0.05) is 163 Å². The Hall–Kier alpha value is -6.64. The van der Waals surface area contributed by atoms with Gasteiger partial charge in [-0.3, -0.25) is 0 Å². The smallest absolute Gasteiger partial charge is 0.0502 e. The second-order valence-corrected chi connectivity index (χ2v) is 18.2. The van der Waals surface area contributed by atoms with Crippen molar-refractivity contribution in [2.75, 3.05) is 9.80 Å². The van der Waals surface area contributed by atoms with Crippen LogP contribution in [0.4, 0.5) is 34.1 Å². The van der Waals surface area contributed by atoms with Crippen molar-refractivity contribution in [1.82, 2.24) is 0 Å². The Kier molecular flexibility index (Phi) is 7.63. The van der Waals surface area contributed by atoms with Crippen LogP contribution in [0.3, 0.4) is 0 Å². The SMILES string of the molecule is CC1(C)c2cc(-c3ccc(N4c5ccccc5C(C)(C)c5ccccc54)cc3)ccc2-c2ccc(-c3ccc(N4c5ccccc5C(C)(C)c5ccccc54)cc3)cc21. The van der Waals surface area contributed by atoms with Crippen molar-refractivity contribution in [2.45, 2.75) is 57.8 Å². The van der Waals surface area contributed by atoms with Gasteiger partial charge in [0.15, 0.2) is 0 Å². The monoisotopic (exact) mass is 760 g/mol. The molecule has 8 aromatic carbocycles. The molecule has 2 aliphatic heterocycles. The third-order valence-electron chi connectivity index (χ3n) is 13.9. The molecule has 8 aromatic rings. The minimum absolute atomic E-state index is 0.0738. The molecule has 0 saturated heterocycles. The van der Waals surface area contributed by atoms with E-state index in [2.05, 4.69) is 233 Å². The van der Waals surface area contributed by atoms with Gasteiger partial charge in [-0.2, -0.15) is 0 Å². The first-order valence-electron chi connectivity index (χ1n) is 21.0. The average molecular weight is 761 g/mol. The summed E-state index contributed by atoms with van der Waals surface area (Å²) < 4.78 is 0. The molecule has 0 amide bonds. The Morgan fingerprint density at radius 2 is 0.542 bits per heavy atom. The second-order valence-electron chi connectivity index (χ2n) is 18.2. The van der Waals surface area contributed by atoms with Crippen LogP contribution in [0.1, 0.15) is 74.9 Å². The van der Waals surface area contributed by atoms with Crippen molar-refractivity contribution in [3.63, 3.8) is 0 Å². The summed E-state index contributed by atoms with van der Waals surface area (Å²) in [6, 6.07) is 67.9. The summed E-state index contributed by atoms with van der Waals surface area (Å²) in [6.07, 6.45) is 0. The molecule has 0 radical (unpaired) electrons. The first kappa shape index (κ1) is 35.5. The first-order chi connectivity index (χ1) is 28.5. The lowest BCUT2D eigenvalue weighted by molar-refractivity contribution is 0.632. The molecule has 0 saturated carbocycles. The number of hydrogen-bond acceptors (Lipinski definition) is 2. The molecule has 0 N–H and O–H groups in total. The topological polar surface area (TPSA) is 6.48 Å². The van der Waals surface area contributed by atoms with Crippen LogP contribution < -0.4 is 9.80 Å². The molecule has 2 heterocycles. The van der Waals surface area contributed by atoms with Crippen LogP contribution >= 0.6 is 0 Å². The molecule has 0 aromatic heterocycles. The molecule has 2 heteroatoms. The Bertz CT molecular complexity index is 2660. The molecule has 11 rings (SSSR count). The number of fused-ring (bicyclic) bond motifs is 7. The summed E-state index contributed by atoms with van der Waals surface area (Å²) in [5.74, 6) is 0. The number of nitrogens with zero attached hydrogens (tertiary/aromatic N) is 2. The maximum absolute atomic E-state index is 2.43. The Morgan fingerprint density at radius 1 is 0.271 bits per heavy atom. The Labute approximate surface area is 349 Å². The van der Waals surface area contributed by atoms with Gasteiger partial charge >= 0.3 is 0 Å². The standard InChI is InChI=1S/C57H48N2/c1-55(2)45-15-7-11-19-51(45)58(52-20-12-8-16-46(52)55)41-29-23-37(24-30-41)39-27-33-43-44-34-28-40(36-50(44)57(5,6)49(43)35-39)38-25-31-42(32-26-38)59-53-21-13-9-17-47(53)56(3,4)48-18-10-14-22-54(48)59/h7-36H,1-6H3. The van der Waals surface area contributed by atoms with Crippen LogP contribution in [0, 0.1) is 0 Å². The third kappa shape index (κ3) is 5.18. The summed E-state index contributed by atoms with van der Waals surface area (Å²) >= 11 is 0. The third-order valence-corrected chi connectivity index (χ3v) is 13.9. The van der Waals surface area contributed by atoms with Gasteiger partial charge in [-0.15, -0.1) is 0 Å². The molecule has 0 fully saturated rings. The number of rotatable bonds is 4. The van der Waals surface area contributed by atoms with E-state index in [0.29, 0.717) is 0 Å². The van der Waals surface area contributed by atoms with E-state index < -0.39 is 0 Å². The molecular formula is C57H48N2. The summed E-state index contributed by atoms with van der Waals surface area (Å²) in [5, 5.41) is 0. The fourth-order valence-corrected chi connectivity index (χ4v) is 10.6. The van der Waals surface area contributed by atoms with Crippen molar-refractivity contribution >= 4 is 34.1 Å². The van der Waals surface area contributed by atoms with E-state index in [9.17, 15) is 0 Å². The van der Waals surface area contributed by atoms with Gasteiger partial charge in [0.2, 0.25) is 0 Å². The quantitative estimate of drug-likeness (QED) is 0.176. The van der Waals surface area contributed by atoms with Gasteiger partial charge in [-0.25, -0.2) is 0 Å². The highest BCUT2D eigenvalue weighted by Crippen LogP contribution is 2.54. The van der Waals surface area contributed by atoms with Crippen molar-refractivity contribution in [3.8, 4) is 33.4 Å². The fourth-order valence-electron chi connectivity index (χ4n) is 10.6. The van der Waals surface area contributed by atoms with Crippen LogP contribution in [0.25, 0.3) is 33.4 Å². The van der Waals surface area contributed by atoms with Crippen molar-refractivity contribution in [1.29, 1.82) is 0 Å². The number of para-hydroxylation sites is 4. The zero-order valence-electron chi connectivity index (χ0n) is 34.7. The van der Waals surface area contributed by atoms with Crippen molar-refractivity contribution < 1.29 is 0 Å². The Balaban J connectivity index is 0.896. The molecule has 0 atom stereocenters. The molecule has 0 unspecified atom stereocenters. The lowest BCUT2D eigenvalue weighted by Crippen LogP contribution is -2.30. The van der Waals surface area contributed by atoms with E-state index in [4.69, 9.17) is 0 Å². The van der Waals surface area contributed by atoms with Crippen LogP contribution in [0.5, 0.6) is 0 Å². The van der Waals surface area contributed by atoms with E-state index in [1.54, 1.807) is 0 Å². The van der Waals surface area contributed by atoms with Crippen LogP contribution in [0.15, 0.2) is 182 Å². The molecule has 286 valence electrons. The van der Waals surface area contributed by atoms with E-state index in [-0.39, 0.29) is 16.2 Å². The van der Waals surface area contributed by atoms with Crippen molar-refractivity contribution in [2.24, 2.45) is 0 Å². The highest BCUT2D eigenvalue weighted by molar-refractivity contribution is 5.90. The molecule has 0 bridgehead atoms. The predicted molar refractivity (Wildman–Crippen MR) is 248 cm³/mol. The first-order valence-corrected chi connectivity index (χ1v) is 21.0. The number of hydrogen-bond donors (Lipinski definition) is 0. The predicted octanol–water partition coefficient (Wildman–Crippen LogP) is 15.5. The number of benzene rings is 8. The second kappa shape index (κ2) is 12.7. The summed E-state index contributed by atoms with van der Waals surface area (Å²) in [4.78, 5) is 4.86.